The first kappa shape index (κ1) is 20.8. The van der Waals surface area contributed by atoms with Crippen molar-refractivity contribution in [2.24, 2.45) is 21.7 Å². The molecule has 0 aliphatic carbocycles. The SMILES string of the molecule is CN=C(c1ccc(Cc2c(F)c(C)cc(F)c2F)cc1F)C1C(N)=NN(C)C1C. The van der Waals surface area contributed by atoms with Crippen LogP contribution in [0.25, 0.3) is 0 Å². The molecule has 4 nitrogen and oxygen atoms in total. The number of nitrogens with zero attached hydrogens (tertiary/aromatic N) is 3. The van der Waals surface area contributed by atoms with E-state index in [9.17, 15) is 17.6 Å². The summed E-state index contributed by atoms with van der Waals surface area (Å²) in [6.07, 6.45) is -0.280. The van der Waals surface area contributed by atoms with Crippen LogP contribution in [-0.4, -0.2) is 36.7 Å². The molecule has 0 saturated carbocycles. The van der Waals surface area contributed by atoms with Gasteiger partial charge in [-0.2, -0.15) is 5.10 Å². The number of hydrogen-bond donors (Lipinski definition) is 1. The van der Waals surface area contributed by atoms with Crippen LogP contribution >= 0.6 is 0 Å². The monoisotopic (exact) mass is 406 g/mol. The van der Waals surface area contributed by atoms with Crippen LogP contribution in [0.15, 0.2) is 34.4 Å². The van der Waals surface area contributed by atoms with E-state index in [1.54, 1.807) is 25.2 Å². The highest BCUT2D eigenvalue weighted by molar-refractivity contribution is 6.15. The molecule has 2 atom stereocenters. The Morgan fingerprint density at radius 2 is 1.83 bits per heavy atom. The van der Waals surface area contributed by atoms with E-state index in [0.29, 0.717) is 17.1 Å². The van der Waals surface area contributed by atoms with Gasteiger partial charge in [-0.1, -0.05) is 6.07 Å². The van der Waals surface area contributed by atoms with Crippen molar-refractivity contribution in [1.82, 2.24) is 5.01 Å². The van der Waals surface area contributed by atoms with E-state index in [1.165, 1.54) is 19.1 Å². The molecule has 0 fully saturated rings. The zero-order valence-corrected chi connectivity index (χ0v) is 16.6. The summed E-state index contributed by atoms with van der Waals surface area (Å²) in [4.78, 5) is 4.22. The maximum Gasteiger partial charge on any atom is 0.165 e. The van der Waals surface area contributed by atoms with Crippen LogP contribution in [0.1, 0.15) is 29.2 Å². The quantitative estimate of drug-likeness (QED) is 0.477. The second kappa shape index (κ2) is 7.85. The molecular formula is C21H22F4N4. The third-order valence-electron chi connectivity index (χ3n) is 5.32. The molecule has 0 spiro atoms. The van der Waals surface area contributed by atoms with Gasteiger partial charge < -0.3 is 5.73 Å². The lowest BCUT2D eigenvalue weighted by molar-refractivity contribution is 0.287. The van der Waals surface area contributed by atoms with Crippen LogP contribution in [0.3, 0.4) is 0 Å². The number of benzene rings is 2. The smallest absolute Gasteiger partial charge is 0.165 e. The summed E-state index contributed by atoms with van der Waals surface area (Å²) in [5.74, 6) is -3.89. The normalized spacial score (nSPS) is 19.7. The summed E-state index contributed by atoms with van der Waals surface area (Å²) in [5.41, 5.74) is 6.54. The van der Waals surface area contributed by atoms with Crippen molar-refractivity contribution in [3.63, 3.8) is 0 Å². The van der Waals surface area contributed by atoms with Crippen molar-refractivity contribution >= 4 is 11.5 Å². The molecule has 1 aliphatic rings. The molecule has 0 radical (unpaired) electrons. The van der Waals surface area contributed by atoms with Gasteiger partial charge in [-0.25, -0.2) is 17.6 Å². The summed E-state index contributed by atoms with van der Waals surface area (Å²) in [5, 5.41) is 5.88. The second-order valence-corrected chi connectivity index (χ2v) is 7.20. The van der Waals surface area contributed by atoms with E-state index in [-0.39, 0.29) is 29.5 Å². The minimum absolute atomic E-state index is 0.00880. The fraction of sp³-hybridized carbons (Fsp3) is 0.333. The van der Waals surface area contributed by atoms with Crippen LogP contribution in [0.5, 0.6) is 0 Å². The van der Waals surface area contributed by atoms with E-state index in [2.05, 4.69) is 10.1 Å². The second-order valence-electron chi connectivity index (χ2n) is 7.20. The molecule has 0 saturated heterocycles. The van der Waals surface area contributed by atoms with Gasteiger partial charge in [-0.15, -0.1) is 0 Å². The Morgan fingerprint density at radius 3 is 2.38 bits per heavy atom. The molecular weight excluding hydrogens is 384 g/mol. The van der Waals surface area contributed by atoms with Gasteiger partial charge in [0.15, 0.2) is 11.6 Å². The summed E-state index contributed by atoms with van der Waals surface area (Å²) >= 11 is 0. The van der Waals surface area contributed by atoms with Crippen molar-refractivity contribution in [1.29, 1.82) is 0 Å². The van der Waals surface area contributed by atoms with Crippen molar-refractivity contribution in [3.8, 4) is 0 Å². The third-order valence-corrected chi connectivity index (χ3v) is 5.32. The Morgan fingerprint density at radius 1 is 1.14 bits per heavy atom. The zero-order valence-electron chi connectivity index (χ0n) is 16.6. The van der Waals surface area contributed by atoms with Crippen molar-refractivity contribution in [2.75, 3.05) is 14.1 Å². The van der Waals surface area contributed by atoms with E-state index < -0.39 is 28.8 Å². The van der Waals surface area contributed by atoms with Crippen molar-refractivity contribution < 1.29 is 17.6 Å². The van der Waals surface area contributed by atoms with E-state index >= 15 is 0 Å². The largest absolute Gasteiger partial charge is 0.385 e. The lowest BCUT2D eigenvalue weighted by atomic mass is 9.89. The predicted molar refractivity (Wildman–Crippen MR) is 105 cm³/mol. The van der Waals surface area contributed by atoms with Gasteiger partial charge >= 0.3 is 0 Å². The summed E-state index contributed by atoms with van der Waals surface area (Å²) < 4.78 is 56.9. The lowest BCUT2D eigenvalue weighted by Crippen LogP contribution is -2.37. The number of nitrogens with two attached hydrogens (primary N) is 1. The average molecular weight is 406 g/mol. The fourth-order valence-corrected chi connectivity index (χ4v) is 3.62. The van der Waals surface area contributed by atoms with Crippen LogP contribution in [0.4, 0.5) is 17.6 Å². The number of hydrazone groups is 1. The van der Waals surface area contributed by atoms with E-state index in [1.807, 2.05) is 6.92 Å². The molecule has 2 aromatic carbocycles. The Hall–Kier alpha value is -2.90. The van der Waals surface area contributed by atoms with Crippen molar-refractivity contribution in [3.05, 3.63) is 69.8 Å². The van der Waals surface area contributed by atoms with Crippen LogP contribution in [0, 0.1) is 36.1 Å². The lowest BCUT2D eigenvalue weighted by Gasteiger charge is -2.22. The highest BCUT2D eigenvalue weighted by Gasteiger charge is 2.36. The number of aryl methyl sites for hydroxylation is 1. The third kappa shape index (κ3) is 3.71. The van der Waals surface area contributed by atoms with Crippen LogP contribution in [-0.2, 0) is 6.42 Å². The molecule has 2 unspecified atom stereocenters. The van der Waals surface area contributed by atoms with E-state index in [0.717, 1.165) is 6.07 Å². The first-order valence-corrected chi connectivity index (χ1v) is 9.10. The molecule has 3 rings (SSSR count). The molecule has 154 valence electrons. The number of hydrogen-bond acceptors (Lipinski definition) is 4. The summed E-state index contributed by atoms with van der Waals surface area (Å²) in [7, 11) is 3.32. The minimum Gasteiger partial charge on any atom is -0.385 e. The molecule has 1 heterocycles. The summed E-state index contributed by atoms with van der Waals surface area (Å²) in [6.45, 7) is 3.25. The number of aliphatic imine (C=N–C) groups is 1. The number of amidine groups is 1. The molecule has 2 N–H and O–H groups in total. The van der Waals surface area contributed by atoms with Gasteiger partial charge in [0.25, 0.3) is 0 Å². The van der Waals surface area contributed by atoms with Gasteiger partial charge in [-0.05, 0) is 43.2 Å². The van der Waals surface area contributed by atoms with Gasteiger partial charge in [0.1, 0.15) is 17.5 Å². The Kier molecular flexibility index (Phi) is 5.64. The van der Waals surface area contributed by atoms with Crippen LogP contribution < -0.4 is 5.73 Å². The number of halogens is 4. The predicted octanol–water partition coefficient (Wildman–Crippen LogP) is 3.78. The first-order chi connectivity index (χ1) is 13.6. The first-order valence-electron chi connectivity index (χ1n) is 9.10. The topological polar surface area (TPSA) is 54.0 Å². The van der Waals surface area contributed by atoms with Crippen LogP contribution in [0.2, 0.25) is 0 Å². The van der Waals surface area contributed by atoms with Crippen molar-refractivity contribution in [2.45, 2.75) is 26.3 Å². The molecule has 29 heavy (non-hydrogen) atoms. The average Bonchev–Trinajstić information content (AvgIpc) is 2.92. The Balaban J connectivity index is 1.95. The van der Waals surface area contributed by atoms with Gasteiger partial charge in [0, 0.05) is 31.6 Å². The zero-order chi connectivity index (χ0) is 21.5. The molecule has 2 aromatic rings. The highest BCUT2D eigenvalue weighted by atomic mass is 19.2. The molecule has 0 bridgehead atoms. The van der Waals surface area contributed by atoms with Gasteiger partial charge in [0.05, 0.1) is 17.7 Å². The highest BCUT2D eigenvalue weighted by Crippen LogP contribution is 2.27. The maximum absolute atomic E-state index is 14.9. The Bertz CT molecular complexity index is 990. The molecule has 1 aliphatic heterocycles. The van der Waals surface area contributed by atoms with Gasteiger partial charge in [0.2, 0.25) is 0 Å². The fourth-order valence-electron chi connectivity index (χ4n) is 3.62. The Labute approximate surface area is 166 Å². The standard InChI is InChI=1S/C21H22F4N4/c1-10-7-16(23)19(25)14(18(10)24)8-12-5-6-13(15(22)9-12)20(27-3)17-11(2)29(4)28-21(17)26/h5-7,9,11,17H,8H2,1-4H3,(H2,26,28). The number of rotatable bonds is 4. The minimum atomic E-state index is -1.26. The molecule has 0 aromatic heterocycles. The maximum atomic E-state index is 14.9. The molecule has 8 heteroatoms. The molecule has 0 amide bonds. The van der Waals surface area contributed by atoms with Gasteiger partial charge in [-0.3, -0.25) is 10.0 Å². The summed E-state index contributed by atoms with van der Waals surface area (Å²) in [6, 6.07) is 4.91. The van der Waals surface area contributed by atoms with E-state index in [4.69, 9.17) is 5.73 Å².